The van der Waals surface area contributed by atoms with Crippen molar-refractivity contribution in [3.63, 3.8) is 0 Å². The van der Waals surface area contributed by atoms with Crippen LogP contribution in [0.4, 0.5) is 4.39 Å². The SMILES string of the molecule is Cc1ccc(C(N)CCCc2cccs2)cc1F. The van der Waals surface area contributed by atoms with E-state index in [1.165, 1.54) is 4.88 Å². The van der Waals surface area contributed by atoms with Gasteiger partial charge in [-0.25, -0.2) is 4.39 Å². The molecule has 1 heterocycles. The van der Waals surface area contributed by atoms with Gasteiger partial charge in [0.15, 0.2) is 0 Å². The largest absolute Gasteiger partial charge is 0.324 e. The molecule has 0 spiro atoms. The molecule has 2 N–H and O–H groups in total. The third-order valence-electron chi connectivity index (χ3n) is 3.14. The third kappa shape index (κ3) is 3.40. The van der Waals surface area contributed by atoms with Gasteiger partial charge in [-0.3, -0.25) is 0 Å². The summed E-state index contributed by atoms with van der Waals surface area (Å²) in [6.07, 6.45) is 2.98. The molecular weight excluding hydrogens is 245 g/mol. The van der Waals surface area contributed by atoms with Crippen LogP contribution in [0.25, 0.3) is 0 Å². The van der Waals surface area contributed by atoms with E-state index in [1.54, 1.807) is 30.4 Å². The van der Waals surface area contributed by atoms with Crippen molar-refractivity contribution in [2.24, 2.45) is 5.73 Å². The molecule has 1 atom stereocenters. The lowest BCUT2D eigenvalue weighted by Gasteiger charge is -2.12. The fourth-order valence-electron chi connectivity index (χ4n) is 1.96. The van der Waals surface area contributed by atoms with Gasteiger partial charge in [0.05, 0.1) is 0 Å². The first-order valence-corrected chi connectivity index (χ1v) is 7.09. The molecule has 2 rings (SSSR count). The molecule has 0 saturated carbocycles. The highest BCUT2D eigenvalue weighted by Gasteiger charge is 2.08. The average molecular weight is 263 g/mol. The Morgan fingerprint density at radius 2 is 2.17 bits per heavy atom. The topological polar surface area (TPSA) is 26.0 Å². The van der Waals surface area contributed by atoms with E-state index in [0.717, 1.165) is 24.8 Å². The van der Waals surface area contributed by atoms with Gasteiger partial charge >= 0.3 is 0 Å². The number of halogens is 1. The van der Waals surface area contributed by atoms with Gasteiger partial charge in [0.1, 0.15) is 5.82 Å². The minimum Gasteiger partial charge on any atom is -0.324 e. The second-order valence-electron chi connectivity index (χ2n) is 4.59. The molecule has 1 aromatic carbocycles. The Morgan fingerprint density at radius 1 is 1.33 bits per heavy atom. The quantitative estimate of drug-likeness (QED) is 0.858. The van der Waals surface area contributed by atoms with Crippen LogP contribution in [0, 0.1) is 12.7 Å². The van der Waals surface area contributed by atoms with Crippen LogP contribution in [0.1, 0.15) is 34.9 Å². The van der Waals surface area contributed by atoms with Crippen LogP contribution >= 0.6 is 11.3 Å². The van der Waals surface area contributed by atoms with E-state index in [-0.39, 0.29) is 11.9 Å². The molecule has 1 unspecified atom stereocenters. The zero-order chi connectivity index (χ0) is 13.0. The normalized spacial score (nSPS) is 12.6. The highest BCUT2D eigenvalue weighted by molar-refractivity contribution is 7.09. The zero-order valence-corrected chi connectivity index (χ0v) is 11.3. The Hall–Kier alpha value is -1.19. The van der Waals surface area contributed by atoms with Crippen molar-refractivity contribution in [1.29, 1.82) is 0 Å². The summed E-state index contributed by atoms with van der Waals surface area (Å²) < 4.78 is 13.4. The van der Waals surface area contributed by atoms with Crippen LogP contribution in [0.3, 0.4) is 0 Å². The van der Waals surface area contributed by atoms with Crippen molar-refractivity contribution in [1.82, 2.24) is 0 Å². The van der Waals surface area contributed by atoms with Crippen LogP contribution < -0.4 is 5.73 Å². The number of hydrogen-bond acceptors (Lipinski definition) is 2. The van der Waals surface area contributed by atoms with Gasteiger partial charge in [-0.1, -0.05) is 18.2 Å². The molecule has 3 heteroatoms. The monoisotopic (exact) mass is 263 g/mol. The van der Waals surface area contributed by atoms with E-state index in [9.17, 15) is 4.39 Å². The van der Waals surface area contributed by atoms with Crippen molar-refractivity contribution >= 4 is 11.3 Å². The Balaban J connectivity index is 1.87. The molecule has 1 aromatic heterocycles. The molecule has 18 heavy (non-hydrogen) atoms. The molecule has 0 aliphatic heterocycles. The number of benzene rings is 1. The number of aryl methyl sites for hydroxylation is 2. The van der Waals surface area contributed by atoms with Crippen molar-refractivity contribution in [2.75, 3.05) is 0 Å². The van der Waals surface area contributed by atoms with Crippen molar-refractivity contribution in [2.45, 2.75) is 32.2 Å². The zero-order valence-electron chi connectivity index (χ0n) is 10.5. The first-order chi connectivity index (χ1) is 8.66. The predicted octanol–water partition coefficient (Wildman–Crippen LogP) is 4.22. The fourth-order valence-corrected chi connectivity index (χ4v) is 2.71. The van der Waals surface area contributed by atoms with E-state index in [1.807, 2.05) is 6.07 Å². The molecule has 0 aliphatic carbocycles. The molecule has 0 bridgehead atoms. The maximum absolute atomic E-state index is 13.4. The van der Waals surface area contributed by atoms with E-state index in [4.69, 9.17) is 5.73 Å². The summed E-state index contributed by atoms with van der Waals surface area (Å²) in [5.41, 5.74) is 7.65. The lowest BCUT2D eigenvalue weighted by atomic mass is 10.0. The van der Waals surface area contributed by atoms with E-state index in [0.29, 0.717) is 5.56 Å². The minimum absolute atomic E-state index is 0.0694. The van der Waals surface area contributed by atoms with E-state index >= 15 is 0 Å². The maximum Gasteiger partial charge on any atom is 0.126 e. The minimum atomic E-state index is -0.166. The molecule has 96 valence electrons. The Morgan fingerprint density at radius 3 is 2.83 bits per heavy atom. The van der Waals surface area contributed by atoms with E-state index in [2.05, 4.69) is 17.5 Å². The van der Waals surface area contributed by atoms with Gasteiger partial charge in [0.2, 0.25) is 0 Å². The van der Waals surface area contributed by atoms with Gasteiger partial charge in [-0.05, 0) is 54.8 Å². The lowest BCUT2D eigenvalue weighted by molar-refractivity contribution is 0.590. The molecule has 0 radical (unpaired) electrons. The lowest BCUT2D eigenvalue weighted by Crippen LogP contribution is -2.11. The smallest absolute Gasteiger partial charge is 0.126 e. The standard InChI is InChI=1S/C15H18FNS/c1-11-7-8-12(10-14(11)16)15(17)6-2-4-13-5-3-9-18-13/h3,5,7-10,15H,2,4,6,17H2,1H3. The van der Waals surface area contributed by atoms with Crippen molar-refractivity contribution in [3.05, 3.63) is 57.5 Å². The van der Waals surface area contributed by atoms with Crippen LogP contribution in [0.2, 0.25) is 0 Å². The number of thiophene rings is 1. The van der Waals surface area contributed by atoms with Crippen LogP contribution in [-0.2, 0) is 6.42 Å². The van der Waals surface area contributed by atoms with Crippen molar-refractivity contribution < 1.29 is 4.39 Å². The molecule has 1 nitrogen and oxygen atoms in total. The summed E-state index contributed by atoms with van der Waals surface area (Å²) in [5.74, 6) is -0.166. The fraction of sp³-hybridized carbons (Fsp3) is 0.333. The van der Waals surface area contributed by atoms with Gasteiger partial charge in [-0.15, -0.1) is 11.3 Å². The Labute approximate surface area is 111 Å². The Kier molecular flexibility index (Phi) is 4.50. The summed E-state index contributed by atoms with van der Waals surface area (Å²) in [4.78, 5) is 1.39. The summed E-state index contributed by atoms with van der Waals surface area (Å²) >= 11 is 1.77. The summed E-state index contributed by atoms with van der Waals surface area (Å²) in [6, 6.07) is 9.42. The first-order valence-electron chi connectivity index (χ1n) is 6.21. The molecule has 0 saturated heterocycles. The summed E-state index contributed by atoms with van der Waals surface area (Å²) in [7, 11) is 0. The van der Waals surface area contributed by atoms with Gasteiger partial charge < -0.3 is 5.73 Å². The predicted molar refractivity (Wildman–Crippen MR) is 75.3 cm³/mol. The van der Waals surface area contributed by atoms with Gasteiger partial charge in [-0.2, -0.15) is 0 Å². The van der Waals surface area contributed by atoms with Gasteiger partial charge in [0, 0.05) is 10.9 Å². The van der Waals surface area contributed by atoms with Crippen LogP contribution in [0.5, 0.6) is 0 Å². The second-order valence-corrected chi connectivity index (χ2v) is 5.62. The Bertz CT molecular complexity index is 493. The molecule has 2 aromatic rings. The number of hydrogen-bond donors (Lipinski definition) is 1. The maximum atomic E-state index is 13.4. The number of nitrogens with two attached hydrogens (primary N) is 1. The third-order valence-corrected chi connectivity index (χ3v) is 4.08. The van der Waals surface area contributed by atoms with Crippen molar-refractivity contribution in [3.8, 4) is 0 Å². The summed E-state index contributed by atoms with van der Waals surface area (Å²) in [6.45, 7) is 1.77. The van der Waals surface area contributed by atoms with Crippen LogP contribution in [-0.4, -0.2) is 0 Å². The van der Waals surface area contributed by atoms with Gasteiger partial charge in [0.25, 0.3) is 0 Å². The van der Waals surface area contributed by atoms with E-state index < -0.39 is 0 Å². The first kappa shape index (κ1) is 13.2. The average Bonchev–Trinajstić information content (AvgIpc) is 2.85. The number of rotatable bonds is 5. The molecular formula is C15H18FNS. The molecule has 0 amide bonds. The molecule has 0 aliphatic rings. The highest BCUT2D eigenvalue weighted by atomic mass is 32.1. The summed E-state index contributed by atoms with van der Waals surface area (Å²) in [5, 5.41) is 2.09. The van der Waals surface area contributed by atoms with Crippen LogP contribution in [0.15, 0.2) is 35.7 Å². The molecule has 0 fully saturated rings. The highest BCUT2D eigenvalue weighted by Crippen LogP contribution is 2.20. The second kappa shape index (κ2) is 6.12.